The first-order chi connectivity index (χ1) is 16.0. The van der Waals surface area contributed by atoms with E-state index in [0.717, 1.165) is 30.4 Å². The Balaban J connectivity index is 1.59. The number of amides is 2. The van der Waals surface area contributed by atoms with E-state index in [1.807, 2.05) is 26.0 Å². The summed E-state index contributed by atoms with van der Waals surface area (Å²) in [5.74, 6) is -1.09. The second-order valence-corrected chi connectivity index (χ2v) is 11.6. The van der Waals surface area contributed by atoms with Crippen LogP contribution in [0.2, 0.25) is 0 Å². The molecule has 0 saturated carbocycles. The van der Waals surface area contributed by atoms with Gasteiger partial charge < -0.3 is 10.2 Å². The molecular formula is C26H33FN2O4S. The molecule has 1 N–H and O–H groups in total. The first kappa shape index (κ1) is 25.9. The zero-order valence-electron chi connectivity index (χ0n) is 20.2. The van der Waals surface area contributed by atoms with Gasteiger partial charge in [0.1, 0.15) is 11.9 Å². The number of nitrogens with zero attached hydrogens (tertiary/aromatic N) is 1. The summed E-state index contributed by atoms with van der Waals surface area (Å²) in [5, 5.41) is 2.75. The van der Waals surface area contributed by atoms with Gasteiger partial charge in [-0.05, 0) is 67.9 Å². The molecule has 0 aromatic heterocycles. The van der Waals surface area contributed by atoms with Crippen molar-refractivity contribution < 1.29 is 22.4 Å². The van der Waals surface area contributed by atoms with Crippen molar-refractivity contribution in [3.05, 3.63) is 65.0 Å². The molecule has 1 atom stereocenters. The molecule has 1 saturated heterocycles. The number of likely N-dealkylation sites (tertiary alicyclic amines) is 1. The quantitative estimate of drug-likeness (QED) is 0.643. The predicted octanol–water partition coefficient (Wildman–Crippen LogP) is 3.77. The monoisotopic (exact) mass is 488 g/mol. The molecule has 1 fully saturated rings. The predicted molar refractivity (Wildman–Crippen MR) is 130 cm³/mol. The Hall–Kier alpha value is -2.74. The lowest BCUT2D eigenvalue weighted by Gasteiger charge is -2.35. The minimum atomic E-state index is -3.21. The molecule has 0 unspecified atom stereocenters. The minimum Gasteiger partial charge on any atom is -0.341 e. The van der Waals surface area contributed by atoms with Crippen LogP contribution in [0.15, 0.2) is 47.4 Å². The van der Waals surface area contributed by atoms with Crippen LogP contribution in [0.1, 0.15) is 48.2 Å². The number of nitrogens with one attached hydrogen (secondary N) is 1. The van der Waals surface area contributed by atoms with E-state index >= 15 is 0 Å². The van der Waals surface area contributed by atoms with Gasteiger partial charge in [-0.3, -0.25) is 9.59 Å². The molecule has 3 rings (SSSR count). The zero-order valence-corrected chi connectivity index (χ0v) is 21.0. The van der Waals surface area contributed by atoms with Gasteiger partial charge in [-0.15, -0.1) is 0 Å². The molecule has 2 aromatic carbocycles. The van der Waals surface area contributed by atoms with Crippen LogP contribution in [0, 0.1) is 24.6 Å². The molecule has 2 aromatic rings. The van der Waals surface area contributed by atoms with Crippen LogP contribution in [-0.4, -0.2) is 50.5 Å². The summed E-state index contributed by atoms with van der Waals surface area (Å²) in [6, 6.07) is 10.6. The third kappa shape index (κ3) is 6.44. The fourth-order valence-corrected chi connectivity index (χ4v) is 4.94. The number of hydrogen-bond donors (Lipinski definition) is 1. The number of piperidine rings is 1. The largest absolute Gasteiger partial charge is 0.341 e. The molecule has 184 valence electrons. The Bertz CT molecular complexity index is 1140. The van der Waals surface area contributed by atoms with E-state index in [2.05, 4.69) is 5.32 Å². The van der Waals surface area contributed by atoms with Crippen LogP contribution in [0.5, 0.6) is 0 Å². The average Bonchev–Trinajstić information content (AvgIpc) is 2.78. The maximum absolute atomic E-state index is 14.1. The van der Waals surface area contributed by atoms with Crippen LogP contribution >= 0.6 is 0 Å². The number of carbonyl (C=O) groups is 2. The molecule has 0 aliphatic carbocycles. The van der Waals surface area contributed by atoms with Gasteiger partial charge in [0, 0.05) is 19.3 Å². The van der Waals surface area contributed by atoms with Gasteiger partial charge in [0.2, 0.25) is 5.91 Å². The van der Waals surface area contributed by atoms with Crippen molar-refractivity contribution in [1.29, 1.82) is 0 Å². The molecule has 1 aliphatic heterocycles. The van der Waals surface area contributed by atoms with E-state index in [1.54, 1.807) is 30.0 Å². The lowest BCUT2D eigenvalue weighted by Crippen LogP contribution is -2.53. The smallest absolute Gasteiger partial charge is 0.254 e. The molecule has 34 heavy (non-hydrogen) atoms. The van der Waals surface area contributed by atoms with Crippen molar-refractivity contribution in [3.63, 3.8) is 0 Å². The Morgan fingerprint density at radius 3 is 2.26 bits per heavy atom. The van der Waals surface area contributed by atoms with Crippen molar-refractivity contribution in [2.75, 3.05) is 19.3 Å². The highest BCUT2D eigenvalue weighted by molar-refractivity contribution is 7.90. The molecule has 1 heterocycles. The second kappa shape index (κ2) is 10.7. The Labute approximate surface area is 201 Å². The summed E-state index contributed by atoms with van der Waals surface area (Å²) in [6.45, 7) is 6.68. The molecule has 8 heteroatoms. The molecular weight excluding hydrogens is 455 g/mol. The van der Waals surface area contributed by atoms with Gasteiger partial charge in [0.25, 0.3) is 5.91 Å². The first-order valence-electron chi connectivity index (χ1n) is 11.6. The highest BCUT2D eigenvalue weighted by Gasteiger charge is 2.32. The summed E-state index contributed by atoms with van der Waals surface area (Å²) in [4.78, 5) is 28.0. The maximum atomic E-state index is 14.1. The highest BCUT2D eigenvalue weighted by atomic mass is 32.2. The number of carbonyl (C=O) groups excluding carboxylic acids is 2. The van der Waals surface area contributed by atoms with Crippen molar-refractivity contribution in [3.8, 4) is 0 Å². The van der Waals surface area contributed by atoms with E-state index in [0.29, 0.717) is 23.9 Å². The summed E-state index contributed by atoms with van der Waals surface area (Å²) in [6.07, 6.45) is 3.66. The number of halogens is 1. The summed E-state index contributed by atoms with van der Waals surface area (Å²) in [7, 11) is -3.21. The third-order valence-electron chi connectivity index (χ3n) is 6.39. The normalized spacial score (nSPS) is 15.9. The Morgan fingerprint density at radius 1 is 1.09 bits per heavy atom. The number of sulfone groups is 1. The number of hydrogen-bond acceptors (Lipinski definition) is 4. The van der Waals surface area contributed by atoms with E-state index in [1.165, 1.54) is 18.4 Å². The van der Waals surface area contributed by atoms with Crippen molar-refractivity contribution in [2.24, 2.45) is 11.8 Å². The topological polar surface area (TPSA) is 83.6 Å². The zero-order chi connectivity index (χ0) is 25.0. The molecule has 0 radical (unpaired) electrons. The minimum absolute atomic E-state index is 0.0564. The van der Waals surface area contributed by atoms with E-state index in [9.17, 15) is 22.4 Å². The molecule has 0 bridgehead atoms. The Morgan fingerprint density at radius 2 is 1.71 bits per heavy atom. The van der Waals surface area contributed by atoms with Gasteiger partial charge in [0.05, 0.1) is 10.5 Å². The fraction of sp³-hybridized carbons (Fsp3) is 0.462. The van der Waals surface area contributed by atoms with Crippen molar-refractivity contribution >= 4 is 21.7 Å². The maximum Gasteiger partial charge on any atom is 0.254 e. The summed E-state index contributed by atoms with van der Waals surface area (Å²) >= 11 is 0. The molecule has 2 amide bonds. The standard InChI is InChI=1S/C26H33FN2O4S/c1-17(2)24(28-25(30)22-15-18(3)5-10-23(22)27)26(31)29-13-11-20(12-14-29)16-19-6-8-21(9-7-19)34(4,32)33/h5-10,15,17,20,24H,11-14,16H2,1-4H3,(H,28,30)/t24-/m1/s1. The van der Waals surface area contributed by atoms with Crippen molar-refractivity contribution in [1.82, 2.24) is 10.2 Å². The van der Waals surface area contributed by atoms with Crippen molar-refractivity contribution in [2.45, 2.75) is 51.0 Å². The average molecular weight is 489 g/mol. The molecule has 0 spiro atoms. The molecule has 6 nitrogen and oxygen atoms in total. The van der Waals surface area contributed by atoms with E-state index in [-0.39, 0.29) is 17.4 Å². The first-order valence-corrected chi connectivity index (χ1v) is 13.5. The van der Waals surface area contributed by atoms with Crippen LogP contribution in [0.3, 0.4) is 0 Å². The van der Waals surface area contributed by atoms with Gasteiger partial charge in [-0.2, -0.15) is 0 Å². The lowest BCUT2D eigenvalue weighted by molar-refractivity contribution is -0.135. The number of benzene rings is 2. The number of aryl methyl sites for hydroxylation is 1. The van der Waals surface area contributed by atoms with Gasteiger partial charge >= 0.3 is 0 Å². The molecule has 1 aliphatic rings. The van der Waals surface area contributed by atoms with Crippen LogP contribution in [0.25, 0.3) is 0 Å². The second-order valence-electron chi connectivity index (χ2n) is 9.57. The third-order valence-corrected chi connectivity index (χ3v) is 7.52. The van der Waals surface area contributed by atoms with E-state index in [4.69, 9.17) is 0 Å². The SMILES string of the molecule is Cc1ccc(F)c(C(=O)N[C@@H](C(=O)N2CCC(Cc3ccc(S(C)(=O)=O)cc3)CC2)C(C)C)c1. The van der Waals surface area contributed by atoms with Crippen LogP contribution < -0.4 is 5.32 Å². The van der Waals surface area contributed by atoms with Crippen LogP contribution in [0.4, 0.5) is 4.39 Å². The van der Waals surface area contributed by atoms with Gasteiger partial charge in [0.15, 0.2) is 9.84 Å². The summed E-state index contributed by atoms with van der Waals surface area (Å²) in [5.41, 5.74) is 1.79. The summed E-state index contributed by atoms with van der Waals surface area (Å²) < 4.78 is 37.4. The lowest BCUT2D eigenvalue weighted by atomic mass is 9.89. The van der Waals surface area contributed by atoms with Gasteiger partial charge in [-0.1, -0.05) is 37.6 Å². The highest BCUT2D eigenvalue weighted by Crippen LogP contribution is 2.24. The Kier molecular flexibility index (Phi) is 8.13. The number of rotatable bonds is 7. The van der Waals surface area contributed by atoms with Gasteiger partial charge in [-0.25, -0.2) is 12.8 Å². The van der Waals surface area contributed by atoms with E-state index < -0.39 is 27.6 Å². The fourth-order valence-electron chi connectivity index (χ4n) is 4.31. The van der Waals surface area contributed by atoms with Crippen LogP contribution in [-0.2, 0) is 21.1 Å².